The Morgan fingerprint density at radius 3 is 1.83 bits per heavy atom. The van der Waals surface area contributed by atoms with Gasteiger partial charge in [0, 0.05) is 39.9 Å². The SMILES string of the molecule is CC(C)(CCC(=O)c1ccc(N)cc1)NCCCC(C)(C)C(=O)c1ccc(N)cc1. The molecule has 5 nitrogen and oxygen atoms in total. The van der Waals surface area contributed by atoms with Gasteiger partial charge in [-0.05, 0) is 88.2 Å². The van der Waals surface area contributed by atoms with Crippen LogP contribution in [0.4, 0.5) is 11.4 Å². The Labute approximate surface area is 180 Å². The Kier molecular flexibility index (Phi) is 7.79. The molecule has 162 valence electrons. The molecule has 0 radical (unpaired) electrons. The van der Waals surface area contributed by atoms with Gasteiger partial charge < -0.3 is 16.8 Å². The highest BCUT2D eigenvalue weighted by atomic mass is 16.1. The van der Waals surface area contributed by atoms with Crippen LogP contribution in [0.15, 0.2) is 48.5 Å². The van der Waals surface area contributed by atoms with Gasteiger partial charge in [0.15, 0.2) is 11.6 Å². The van der Waals surface area contributed by atoms with Crippen LogP contribution in [0.5, 0.6) is 0 Å². The first-order valence-electron chi connectivity index (χ1n) is 10.5. The summed E-state index contributed by atoms with van der Waals surface area (Å²) in [5, 5.41) is 3.53. The molecule has 5 heteroatoms. The molecule has 0 saturated heterocycles. The van der Waals surface area contributed by atoms with E-state index >= 15 is 0 Å². The molecule has 0 bridgehead atoms. The van der Waals surface area contributed by atoms with Gasteiger partial charge in [-0.25, -0.2) is 0 Å². The molecule has 0 aliphatic heterocycles. The number of hydrogen-bond acceptors (Lipinski definition) is 5. The average molecular weight is 410 g/mol. The van der Waals surface area contributed by atoms with E-state index in [2.05, 4.69) is 19.2 Å². The zero-order valence-electron chi connectivity index (χ0n) is 18.6. The van der Waals surface area contributed by atoms with Gasteiger partial charge in [-0.15, -0.1) is 0 Å². The first kappa shape index (κ1) is 23.6. The molecule has 0 atom stereocenters. The summed E-state index contributed by atoms with van der Waals surface area (Å²) in [5.74, 6) is 0.260. The third-order valence-electron chi connectivity index (χ3n) is 5.58. The zero-order chi connectivity index (χ0) is 22.4. The van der Waals surface area contributed by atoms with E-state index in [1.165, 1.54) is 0 Å². The number of nitrogens with one attached hydrogen (secondary N) is 1. The molecule has 0 aliphatic carbocycles. The number of nitrogens with two attached hydrogens (primary N) is 2. The van der Waals surface area contributed by atoms with E-state index in [4.69, 9.17) is 11.5 Å². The van der Waals surface area contributed by atoms with Gasteiger partial charge in [0.2, 0.25) is 0 Å². The van der Waals surface area contributed by atoms with Gasteiger partial charge in [-0.2, -0.15) is 0 Å². The van der Waals surface area contributed by atoms with Gasteiger partial charge >= 0.3 is 0 Å². The van der Waals surface area contributed by atoms with E-state index in [0.717, 1.165) is 25.8 Å². The fourth-order valence-corrected chi connectivity index (χ4v) is 3.42. The van der Waals surface area contributed by atoms with E-state index < -0.39 is 5.41 Å². The van der Waals surface area contributed by atoms with Crippen molar-refractivity contribution < 1.29 is 9.59 Å². The maximum Gasteiger partial charge on any atom is 0.168 e. The lowest BCUT2D eigenvalue weighted by Crippen LogP contribution is -2.40. The largest absolute Gasteiger partial charge is 0.399 e. The standard InChI is InChI=1S/C25H35N3O2/c1-24(2,23(30)19-8-12-21(27)13-9-19)15-5-17-28-25(3,4)16-14-22(29)18-6-10-20(26)11-7-18/h6-13,28H,5,14-17,26-27H2,1-4H3. The number of anilines is 2. The minimum Gasteiger partial charge on any atom is -0.399 e. The number of hydrogen-bond donors (Lipinski definition) is 3. The van der Waals surface area contributed by atoms with E-state index in [1.54, 1.807) is 48.5 Å². The molecule has 0 amide bonds. The highest BCUT2D eigenvalue weighted by Crippen LogP contribution is 2.28. The maximum absolute atomic E-state index is 12.8. The van der Waals surface area contributed by atoms with Gasteiger partial charge in [0.05, 0.1) is 0 Å². The van der Waals surface area contributed by atoms with Crippen molar-refractivity contribution >= 4 is 22.9 Å². The summed E-state index contributed by atoms with van der Waals surface area (Å²) < 4.78 is 0. The molecular weight excluding hydrogens is 374 g/mol. The van der Waals surface area contributed by atoms with Gasteiger partial charge in [-0.3, -0.25) is 9.59 Å². The predicted molar refractivity (Wildman–Crippen MR) is 125 cm³/mol. The summed E-state index contributed by atoms with van der Waals surface area (Å²) in [7, 11) is 0. The minimum atomic E-state index is -0.437. The van der Waals surface area contributed by atoms with Crippen molar-refractivity contribution in [2.24, 2.45) is 5.41 Å². The second kappa shape index (κ2) is 9.90. The van der Waals surface area contributed by atoms with Gasteiger partial charge in [-0.1, -0.05) is 13.8 Å². The van der Waals surface area contributed by atoms with Crippen molar-refractivity contribution in [2.45, 2.75) is 58.9 Å². The smallest absolute Gasteiger partial charge is 0.168 e. The lowest BCUT2D eigenvalue weighted by atomic mass is 9.80. The van der Waals surface area contributed by atoms with Crippen LogP contribution in [0.2, 0.25) is 0 Å². The van der Waals surface area contributed by atoms with Crippen LogP contribution in [0.25, 0.3) is 0 Å². The van der Waals surface area contributed by atoms with Crippen molar-refractivity contribution in [3.05, 3.63) is 59.7 Å². The Morgan fingerprint density at radius 2 is 1.30 bits per heavy atom. The number of rotatable bonds is 11. The van der Waals surface area contributed by atoms with E-state index in [0.29, 0.717) is 28.9 Å². The Bertz CT molecular complexity index is 853. The van der Waals surface area contributed by atoms with E-state index in [-0.39, 0.29) is 17.1 Å². The molecule has 0 heterocycles. The summed E-state index contributed by atoms with van der Waals surface area (Å²) in [5.41, 5.74) is 13.5. The molecular formula is C25H35N3O2. The van der Waals surface area contributed by atoms with Crippen LogP contribution in [0.1, 0.15) is 74.1 Å². The molecule has 2 rings (SSSR count). The maximum atomic E-state index is 12.8. The fourth-order valence-electron chi connectivity index (χ4n) is 3.42. The van der Waals surface area contributed by atoms with Crippen molar-refractivity contribution in [3.8, 4) is 0 Å². The number of nitrogen functional groups attached to an aromatic ring is 2. The Balaban J connectivity index is 1.77. The molecule has 0 unspecified atom stereocenters. The van der Waals surface area contributed by atoms with Crippen LogP contribution < -0.4 is 16.8 Å². The molecule has 0 fully saturated rings. The Morgan fingerprint density at radius 1 is 0.800 bits per heavy atom. The van der Waals surface area contributed by atoms with Crippen molar-refractivity contribution in [1.29, 1.82) is 0 Å². The second-order valence-electron chi connectivity index (χ2n) is 9.29. The summed E-state index contributed by atoms with van der Waals surface area (Å²) in [6.07, 6.45) is 2.88. The highest BCUT2D eigenvalue weighted by Gasteiger charge is 2.28. The average Bonchev–Trinajstić information content (AvgIpc) is 2.70. The lowest BCUT2D eigenvalue weighted by molar-refractivity contribution is 0.0822. The quantitative estimate of drug-likeness (QED) is 0.279. The second-order valence-corrected chi connectivity index (χ2v) is 9.29. The number of carbonyl (C=O) groups excluding carboxylic acids is 2. The first-order chi connectivity index (χ1) is 14.0. The topological polar surface area (TPSA) is 98.2 Å². The summed E-state index contributed by atoms with van der Waals surface area (Å²) in [6.45, 7) is 8.98. The fraction of sp³-hybridized carbons (Fsp3) is 0.440. The van der Waals surface area contributed by atoms with E-state index in [1.807, 2.05) is 13.8 Å². The molecule has 0 aromatic heterocycles. The number of carbonyl (C=O) groups is 2. The molecule has 0 aliphatic rings. The lowest BCUT2D eigenvalue weighted by Gasteiger charge is -2.28. The Hall–Kier alpha value is -2.66. The highest BCUT2D eigenvalue weighted by molar-refractivity contribution is 6.00. The molecule has 5 N–H and O–H groups in total. The van der Waals surface area contributed by atoms with E-state index in [9.17, 15) is 9.59 Å². The van der Waals surface area contributed by atoms with Crippen molar-refractivity contribution in [2.75, 3.05) is 18.0 Å². The van der Waals surface area contributed by atoms with Crippen LogP contribution in [0.3, 0.4) is 0 Å². The van der Waals surface area contributed by atoms with Gasteiger partial charge in [0.25, 0.3) is 0 Å². The van der Waals surface area contributed by atoms with Crippen LogP contribution >= 0.6 is 0 Å². The summed E-state index contributed by atoms with van der Waals surface area (Å²) >= 11 is 0. The molecule has 0 spiro atoms. The van der Waals surface area contributed by atoms with Crippen LogP contribution in [-0.2, 0) is 0 Å². The monoisotopic (exact) mass is 409 g/mol. The molecule has 0 saturated carbocycles. The first-order valence-corrected chi connectivity index (χ1v) is 10.5. The summed E-state index contributed by atoms with van der Waals surface area (Å²) in [6, 6.07) is 14.2. The zero-order valence-corrected chi connectivity index (χ0v) is 18.6. The van der Waals surface area contributed by atoms with Crippen LogP contribution in [0, 0.1) is 5.41 Å². The normalized spacial score (nSPS) is 12.0. The van der Waals surface area contributed by atoms with Crippen molar-refractivity contribution in [3.63, 3.8) is 0 Å². The number of Topliss-reactive ketones (excluding diaryl/α,β-unsaturated/α-hetero) is 2. The van der Waals surface area contributed by atoms with Crippen molar-refractivity contribution in [1.82, 2.24) is 5.32 Å². The third-order valence-corrected chi connectivity index (χ3v) is 5.58. The van der Waals surface area contributed by atoms with Crippen LogP contribution in [-0.4, -0.2) is 23.7 Å². The minimum absolute atomic E-state index is 0.125. The third kappa shape index (κ3) is 6.99. The predicted octanol–water partition coefficient (Wildman–Crippen LogP) is 4.87. The number of ketones is 2. The molecule has 30 heavy (non-hydrogen) atoms. The van der Waals surface area contributed by atoms with Gasteiger partial charge in [0.1, 0.15) is 0 Å². The number of benzene rings is 2. The molecule has 2 aromatic rings. The summed E-state index contributed by atoms with van der Waals surface area (Å²) in [4.78, 5) is 25.2. The molecule has 2 aromatic carbocycles.